The van der Waals surface area contributed by atoms with Crippen LogP contribution in [0.5, 0.6) is 11.5 Å². The summed E-state index contributed by atoms with van der Waals surface area (Å²) in [5, 5.41) is 2.86. The number of carbonyl (C=O) groups excluding carboxylic acids is 2. The number of anilines is 1. The highest BCUT2D eigenvalue weighted by Crippen LogP contribution is 2.29. The minimum Gasteiger partial charge on any atom is -0.493 e. The minimum atomic E-state index is -0.271. The van der Waals surface area contributed by atoms with E-state index in [1.807, 2.05) is 58.0 Å². The highest BCUT2D eigenvalue weighted by atomic mass is 16.5. The Kier molecular flexibility index (Phi) is 8.04. The van der Waals surface area contributed by atoms with Crippen molar-refractivity contribution < 1.29 is 19.1 Å². The summed E-state index contributed by atoms with van der Waals surface area (Å²) in [4.78, 5) is 26.1. The van der Waals surface area contributed by atoms with Gasteiger partial charge in [0.2, 0.25) is 11.8 Å². The maximum atomic E-state index is 12.4. The van der Waals surface area contributed by atoms with E-state index in [-0.39, 0.29) is 24.5 Å². The van der Waals surface area contributed by atoms with E-state index in [0.717, 1.165) is 22.4 Å². The third-order valence-corrected chi connectivity index (χ3v) is 4.60. The Morgan fingerprint density at radius 2 is 1.87 bits per heavy atom. The van der Waals surface area contributed by atoms with Gasteiger partial charge in [0.15, 0.2) is 11.5 Å². The number of amides is 2. The number of hydrogen-bond acceptors (Lipinski definition) is 4. The fourth-order valence-electron chi connectivity index (χ4n) is 2.80. The van der Waals surface area contributed by atoms with E-state index >= 15 is 0 Å². The molecule has 0 aliphatic carbocycles. The Hall–Kier alpha value is -3.28. The van der Waals surface area contributed by atoms with Gasteiger partial charge in [-0.05, 0) is 68.7 Å². The average Bonchev–Trinajstić information content (AvgIpc) is 2.69. The average molecular weight is 411 g/mol. The van der Waals surface area contributed by atoms with Gasteiger partial charge in [-0.25, -0.2) is 0 Å². The number of likely N-dealkylation sites (N-methyl/N-ethyl adjacent to an activating group) is 1. The Balaban J connectivity index is 1.98. The molecule has 0 unspecified atom stereocenters. The molecule has 0 aliphatic rings. The normalized spacial score (nSPS) is 10.9. The van der Waals surface area contributed by atoms with Crippen LogP contribution in [0.3, 0.4) is 0 Å². The van der Waals surface area contributed by atoms with Gasteiger partial charge in [-0.3, -0.25) is 9.59 Å². The molecule has 0 spiro atoms. The van der Waals surface area contributed by atoms with Crippen LogP contribution in [0.15, 0.2) is 42.5 Å². The van der Waals surface area contributed by atoms with Crippen molar-refractivity contribution in [2.75, 3.05) is 26.0 Å². The topological polar surface area (TPSA) is 67.9 Å². The lowest BCUT2D eigenvalue weighted by molar-refractivity contribution is -0.129. The summed E-state index contributed by atoms with van der Waals surface area (Å²) < 4.78 is 11.1. The second-order valence-electron chi connectivity index (χ2n) is 7.40. The monoisotopic (exact) mass is 410 g/mol. The van der Waals surface area contributed by atoms with Gasteiger partial charge in [-0.15, -0.1) is 0 Å². The van der Waals surface area contributed by atoms with Crippen LogP contribution in [0.2, 0.25) is 0 Å². The fourth-order valence-corrected chi connectivity index (χ4v) is 2.80. The third kappa shape index (κ3) is 6.37. The Morgan fingerprint density at radius 1 is 1.13 bits per heavy atom. The van der Waals surface area contributed by atoms with Crippen molar-refractivity contribution in [3.05, 3.63) is 59.2 Å². The van der Waals surface area contributed by atoms with Crippen LogP contribution >= 0.6 is 0 Å². The van der Waals surface area contributed by atoms with Crippen LogP contribution in [-0.2, 0) is 9.59 Å². The van der Waals surface area contributed by atoms with E-state index in [2.05, 4.69) is 5.32 Å². The van der Waals surface area contributed by atoms with Crippen LogP contribution in [0.4, 0.5) is 5.69 Å². The number of methoxy groups -OCH3 is 1. The molecule has 0 saturated heterocycles. The van der Waals surface area contributed by atoms with Gasteiger partial charge >= 0.3 is 0 Å². The standard InChI is InChI=1S/C24H30N2O4/c1-16(2)30-21-12-10-19(14-22(21)29-6)11-13-24(28)26(5)15-23(27)25-20-9-7-8-17(3)18(20)4/h7-14,16H,15H2,1-6H3,(H,25,27)/b13-11+. The molecule has 2 rings (SSSR count). The number of hydrogen-bond donors (Lipinski definition) is 1. The number of nitrogens with one attached hydrogen (secondary N) is 1. The van der Waals surface area contributed by atoms with Crippen molar-refractivity contribution in [2.24, 2.45) is 0 Å². The predicted octanol–water partition coefficient (Wildman–Crippen LogP) is 4.21. The van der Waals surface area contributed by atoms with Gasteiger partial charge in [0.1, 0.15) is 0 Å². The first-order valence-electron chi connectivity index (χ1n) is 9.85. The van der Waals surface area contributed by atoms with Gasteiger partial charge in [0, 0.05) is 18.8 Å². The lowest BCUT2D eigenvalue weighted by atomic mass is 10.1. The number of benzene rings is 2. The molecule has 6 heteroatoms. The SMILES string of the molecule is COc1cc(/C=C/C(=O)N(C)CC(=O)Nc2cccc(C)c2C)ccc1OC(C)C. The Morgan fingerprint density at radius 3 is 2.53 bits per heavy atom. The van der Waals surface area contributed by atoms with Crippen LogP contribution in [0.25, 0.3) is 6.08 Å². The molecular weight excluding hydrogens is 380 g/mol. The van der Waals surface area contributed by atoms with Crippen molar-refractivity contribution in [1.29, 1.82) is 0 Å². The molecule has 0 heterocycles. The molecule has 0 aliphatic heterocycles. The van der Waals surface area contributed by atoms with Crippen molar-refractivity contribution in [2.45, 2.75) is 33.8 Å². The molecule has 0 atom stereocenters. The van der Waals surface area contributed by atoms with Crippen LogP contribution < -0.4 is 14.8 Å². The molecular formula is C24H30N2O4. The van der Waals surface area contributed by atoms with Crippen LogP contribution in [0.1, 0.15) is 30.5 Å². The molecule has 0 fully saturated rings. The molecule has 2 aromatic carbocycles. The molecule has 0 radical (unpaired) electrons. The zero-order valence-corrected chi connectivity index (χ0v) is 18.5. The minimum absolute atomic E-state index is 0.0326. The first kappa shape index (κ1) is 23.0. The maximum absolute atomic E-state index is 12.4. The second kappa shape index (κ2) is 10.5. The summed E-state index contributed by atoms with van der Waals surface area (Å²) >= 11 is 0. The molecule has 0 saturated carbocycles. The molecule has 2 amide bonds. The molecule has 1 N–H and O–H groups in total. The Bertz CT molecular complexity index is 935. The first-order valence-corrected chi connectivity index (χ1v) is 9.85. The number of aryl methyl sites for hydroxylation is 1. The predicted molar refractivity (Wildman–Crippen MR) is 120 cm³/mol. The number of ether oxygens (including phenoxy) is 2. The third-order valence-electron chi connectivity index (χ3n) is 4.60. The van der Waals surface area contributed by atoms with Gasteiger partial charge in [0.05, 0.1) is 19.8 Å². The summed E-state index contributed by atoms with van der Waals surface area (Å²) in [5.41, 5.74) is 3.66. The van der Waals surface area contributed by atoms with E-state index in [1.54, 1.807) is 26.3 Å². The van der Waals surface area contributed by atoms with E-state index < -0.39 is 0 Å². The summed E-state index contributed by atoms with van der Waals surface area (Å²) in [6, 6.07) is 11.2. The van der Waals surface area contributed by atoms with Crippen molar-refractivity contribution in [3.8, 4) is 11.5 Å². The number of carbonyl (C=O) groups is 2. The summed E-state index contributed by atoms with van der Waals surface area (Å²) in [6.45, 7) is 7.79. The maximum Gasteiger partial charge on any atom is 0.246 e. The molecule has 0 aromatic heterocycles. The highest BCUT2D eigenvalue weighted by Gasteiger charge is 2.12. The molecule has 0 bridgehead atoms. The molecule has 160 valence electrons. The molecule has 6 nitrogen and oxygen atoms in total. The summed E-state index contributed by atoms with van der Waals surface area (Å²) in [7, 11) is 3.17. The lowest BCUT2D eigenvalue weighted by Crippen LogP contribution is -2.34. The summed E-state index contributed by atoms with van der Waals surface area (Å²) in [5.74, 6) is 0.730. The lowest BCUT2D eigenvalue weighted by Gasteiger charge is -2.16. The smallest absolute Gasteiger partial charge is 0.246 e. The van der Waals surface area contributed by atoms with Crippen molar-refractivity contribution >= 4 is 23.6 Å². The number of nitrogens with zero attached hydrogens (tertiary/aromatic N) is 1. The fraction of sp³-hybridized carbons (Fsp3) is 0.333. The van der Waals surface area contributed by atoms with E-state index in [4.69, 9.17) is 9.47 Å². The first-order chi connectivity index (χ1) is 14.2. The van der Waals surface area contributed by atoms with E-state index in [9.17, 15) is 9.59 Å². The Labute approximate surface area is 178 Å². The second-order valence-corrected chi connectivity index (χ2v) is 7.40. The zero-order valence-electron chi connectivity index (χ0n) is 18.5. The highest BCUT2D eigenvalue weighted by molar-refractivity contribution is 5.98. The van der Waals surface area contributed by atoms with Gasteiger partial charge in [0.25, 0.3) is 0 Å². The van der Waals surface area contributed by atoms with Gasteiger partial charge in [-0.2, -0.15) is 0 Å². The molecule has 30 heavy (non-hydrogen) atoms. The van der Waals surface area contributed by atoms with E-state index in [1.165, 1.54) is 11.0 Å². The molecule has 2 aromatic rings. The van der Waals surface area contributed by atoms with Crippen molar-refractivity contribution in [1.82, 2.24) is 4.90 Å². The van der Waals surface area contributed by atoms with Crippen molar-refractivity contribution in [3.63, 3.8) is 0 Å². The van der Waals surface area contributed by atoms with E-state index in [0.29, 0.717) is 11.5 Å². The van der Waals surface area contributed by atoms with Gasteiger partial charge in [-0.1, -0.05) is 18.2 Å². The van der Waals surface area contributed by atoms with Crippen LogP contribution in [0, 0.1) is 13.8 Å². The number of rotatable bonds is 8. The zero-order chi connectivity index (χ0) is 22.3. The largest absolute Gasteiger partial charge is 0.493 e. The van der Waals surface area contributed by atoms with Gasteiger partial charge < -0.3 is 19.7 Å². The quantitative estimate of drug-likeness (QED) is 0.662. The summed E-state index contributed by atoms with van der Waals surface area (Å²) in [6.07, 6.45) is 3.15. The van der Waals surface area contributed by atoms with Crippen LogP contribution in [-0.4, -0.2) is 43.5 Å².